The molecular formula is C23H30ClN3O5S. The highest BCUT2D eigenvalue weighted by Gasteiger charge is 2.30. The summed E-state index contributed by atoms with van der Waals surface area (Å²) in [5, 5.41) is 3.17. The van der Waals surface area contributed by atoms with E-state index in [9.17, 15) is 18.0 Å². The van der Waals surface area contributed by atoms with Gasteiger partial charge in [0.2, 0.25) is 21.8 Å². The largest absolute Gasteiger partial charge is 0.497 e. The number of ether oxygens (including phenoxy) is 1. The Labute approximate surface area is 200 Å². The fraction of sp³-hybridized carbons (Fsp3) is 0.391. The normalized spacial score (nSPS) is 12.1. The number of amides is 2. The molecule has 1 atom stereocenters. The Morgan fingerprint density at radius 1 is 1.18 bits per heavy atom. The number of sulfonamides is 1. The lowest BCUT2D eigenvalue weighted by Crippen LogP contribution is -2.51. The van der Waals surface area contributed by atoms with Gasteiger partial charge < -0.3 is 15.0 Å². The van der Waals surface area contributed by atoms with Crippen LogP contribution in [-0.4, -0.2) is 57.6 Å². The van der Waals surface area contributed by atoms with Crippen LogP contribution in [0.4, 0.5) is 5.69 Å². The van der Waals surface area contributed by atoms with Crippen molar-refractivity contribution in [3.05, 3.63) is 58.6 Å². The van der Waals surface area contributed by atoms with Crippen molar-refractivity contribution in [3.63, 3.8) is 0 Å². The van der Waals surface area contributed by atoms with Gasteiger partial charge in [0.25, 0.3) is 0 Å². The predicted molar refractivity (Wildman–Crippen MR) is 130 cm³/mol. The number of carbonyl (C=O) groups is 2. The van der Waals surface area contributed by atoms with Gasteiger partial charge >= 0.3 is 0 Å². The van der Waals surface area contributed by atoms with Gasteiger partial charge in [-0.2, -0.15) is 0 Å². The van der Waals surface area contributed by atoms with Gasteiger partial charge in [0.05, 0.1) is 19.1 Å². The van der Waals surface area contributed by atoms with Crippen LogP contribution in [0.15, 0.2) is 42.5 Å². The number of likely N-dealkylation sites (N-methyl/N-ethyl adjacent to an activating group) is 1. The second kappa shape index (κ2) is 11.4. The van der Waals surface area contributed by atoms with Crippen LogP contribution in [0, 0.1) is 6.92 Å². The molecule has 0 aromatic heterocycles. The van der Waals surface area contributed by atoms with Gasteiger partial charge in [0, 0.05) is 18.1 Å². The lowest BCUT2D eigenvalue weighted by atomic mass is 10.1. The van der Waals surface area contributed by atoms with Crippen LogP contribution in [0.3, 0.4) is 0 Å². The number of hydrogen-bond donors (Lipinski definition) is 1. The van der Waals surface area contributed by atoms with Crippen LogP contribution in [0.5, 0.6) is 5.75 Å². The van der Waals surface area contributed by atoms with Crippen LogP contribution >= 0.6 is 11.6 Å². The van der Waals surface area contributed by atoms with E-state index in [2.05, 4.69) is 5.32 Å². The molecule has 0 aliphatic heterocycles. The zero-order chi connectivity index (χ0) is 24.8. The van der Waals surface area contributed by atoms with Gasteiger partial charge in [-0.3, -0.25) is 13.9 Å². The number of halogens is 1. The third-order valence-corrected chi connectivity index (χ3v) is 6.47. The molecule has 0 aliphatic rings. The van der Waals surface area contributed by atoms with Crippen molar-refractivity contribution >= 4 is 39.1 Å². The second-order valence-electron chi connectivity index (χ2n) is 7.64. The van der Waals surface area contributed by atoms with E-state index in [-0.39, 0.29) is 12.5 Å². The van der Waals surface area contributed by atoms with Crippen LogP contribution in [0.1, 0.15) is 25.0 Å². The van der Waals surface area contributed by atoms with Crippen LogP contribution < -0.4 is 14.4 Å². The summed E-state index contributed by atoms with van der Waals surface area (Å²) in [4.78, 5) is 27.4. The maximum absolute atomic E-state index is 13.4. The minimum atomic E-state index is -3.80. The summed E-state index contributed by atoms with van der Waals surface area (Å²) in [6, 6.07) is 11.1. The lowest BCUT2D eigenvalue weighted by molar-refractivity contribution is -0.139. The zero-order valence-corrected chi connectivity index (χ0v) is 21.0. The van der Waals surface area contributed by atoms with E-state index in [1.165, 1.54) is 12.0 Å². The Bertz CT molecular complexity index is 1110. The van der Waals surface area contributed by atoms with E-state index in [4.69, 9.17) is 16.3 Å². The molecule has 0 bridgehead atoms. The number of nitrogens with zero attached hydrogens (tertiary/aromatic N) is 2. The first kappa shape index (κ1) is 26.5. The molecule has 8 nitrogen and oxygen atoms in total. The minimum absolute atomic E-state index is 0.103. The summed E-state index contributed by atoms with van der Waals surface area (Å²) in [7, 11) is -2.26. The van der Waals surface area contributed by atoms with Gasteiger partial charge in [-0.15, -0.1) is 0 Å². The number of anilines is 1. The summed E-state index contributed by atoms with van der Waals surface area (Å²) in [6.07, 6.45) is 1.04. The van der Waals surface area contributed by atoms with Gasteiger partial charge in [-0.25, -0.2) is 8.42 Å². The van der Waals surface area contributed by atoms with Crippen molar-refractivity contribution in [2.75, 3.05) is 30.8 Å². The van der Waals surface area contributed by atoms with Gasteiger partial charge in [0.1, 0.15) is 18.3 Å². The number of aryl methyl sites for hydroxylation is 1. The number of rotatable bonds is 10. The predicted octanol–water partition coefficient (Wildman–Crippen LogP) is 2.98. The van der Waals surface area contributed by atoms with Crippen molar-refractivity contribution in [1.82, 2.24) is 10.2 Å². The van der Waals surface area contributed by atoms with Crippen molar-refractivity contribution in [2.24, 2.45) is 0 Å². The molecule has 2 rings (SSSR count). The molecule has 33 heavy (non-hydrogen) atoms. The highest BCUT2D eigenvalue weighted by atomic mass is 35.5. The van der Waals surface area contributed by atoms with Gasteiger partial charge in [-0.1, -0.05) is 23.7 Å². The fourth-order valence-electron chi connectivity index (χ4n) is 3.37. The van der Waals surface area contributed by atoms with Gasteiger partial charge in [-0.05, 0) is 62.2 Å². The van der Waals surface area contributed by atoms with Crippen molar-refractivity contribution in [1.29, 1.82) is 0 Å². The van der Waals surface area contributed by atoms with E-state index >= 15 is 0 Å². The van der Waals surface area contributed by atoms with Crippen molar-refractivity contribution in [3.8, 4) is 5.75 Å². The van der Waals surface area contributed by atoms with Crippen LogP contribution in [0.25, 0.3) is 0 Å². The summed E-state index contributed by atoms with van der Waals surface area (Å²) in [5.74, 6) is -0.237. The maximum atomic E-state index is 13.4. The molecule has 0 fully saturated rings. The van der Waals surface area contributed by atoms with Crippen LogP contribution in [-0.2, 0) is 26.2 Å². The Morgan fingerprint density at radius 2 is 1.88 bits per heavy atom. The molecule has 2 aromatic carbocycles. The van der Waals surface area contributed by atoms with Crippen LogP contribution in [0.2, 0.25) is 5.02 Å². The molecule has 10 heteroatoms. The highest BCUT2D eigenvalue weighted by molar-refractivity contribution is 7.92. The standard InChI is InChI=1S/C23H30ClN3O5S/c1-6-25-23(29)17(3)26(14-18-8-7-9-20(13-18)32-4)22(28)15-27(33(5,30)31)21-11-10-19(24)12-16(21)2/h7-13,17H,6,14-15H2,1-5H3,(H,25,29)/t17-/m1/s1. The van der Waals surface area contributed by atoms with E-state index in [0.717, 1.165) is 16.1 Å². The number of nitrogens with one attached hydrogen (secondary N) is 1. The van der Waals surface area contributed by atoms with Gasteiger partial charge in [0.15, 0.2) is 0 Å². The molecule has 2 aromatic rings. The summed E-state index contributed by atoms with van der Waals surface area (Å²) in [6.45, 7) is 5.16. The summed E-state index contributed by atoms with van der Waals surface area (Å²) < 4.78 is 31.5. The molecule has 0 aliphatic carbocycles. The Hall–Kier alpha value is -2.78. The first-order valence-corrected chi connectivity index (χ1v) is 12.6. The molecule has 1 N–H and O–H groups in total. The number of methoxy groups -OCH3 is 1. The molecule has 0 saturated carbocycles. The fourth-order valence-corrected chi connectivity index (χ4v) is 4.50. The molecule has 0 spiro atoms. The lowest BCUT2D eigenvalue weighted by Gasteiger charge is -2.32. The smallest absolute Gasteiger partial charge is 0.244 e. The molecule has 0 unspecified atom stereocenters. The first-order valence-electron chi connectivity index (χ1n) is 10.4. The minimum Gasteiger partial charge on any atom is -0.497 e. The van der Waals surface area contributed by atoms with E-state index in [1.54, 1.807) is 57.2 Å². The second-order valence-corrected chi connectivity index (χ2v) is 9.99. The van der Waals surface area contributed by atoms with Crippen molar-refractivity contribution in [2.45, 2.75) is 33.4 Å². The average molecular weight is 496 g/mol. The Balaban J connectivity index is 2.42. The highest BCUT2D eigenvalue weighted by Crippen LogP contribution is 2.26. The average Bonchev–Trinajstić information content (AvgIpc) is 2.75. The number of carbonyl (C=O) groups excluding carboxylic acids is 2. The maximum Gasteiger partial charge on any atom is 0.244 e. The SMILES string of the molecule is CCNC(=O)[C@@H](C)N(Cc1cccc(OC)c1)C(=O)CN(c1ccc(Cl)cc1C)S(C)(=O)=O. The number of hydrogen-bond acceptors (Lipinski definition) is 5. The molecule has 2 amide bonds. The first-order chi connectivity index (χ1) is 15.5. The number of benzene rings is 2. The molecular weight excluding hydrogens is 466 g/mol. The third kappa shape index (κ3) is 7.10. The molecule has 0 heterocycles. The third-order valence-electron chi connectivity index (χ3n) is 5.11. The monoisotopic (exact) mass is 495 g/mol. The molecule has 0 radical (unpaired) electrons. The van der Waals surface area contributed by atoms with E-state index < -0.39 is 28.5 Å². The molecule has 180 valence electrons. The van der Waals surface area contributed by atoms with E-state index in [1.807, 2.05) is 6.07 Å². The Kier molecular flexibility index (Phi) is 9.13. The zero-order valence-electron chi connectivity index (χ0n) is 19.5. The van der Waals surface area contributed by atoms with E-state index in [0.29, 0.717) is 28.6 Å². The summed E-state index contributed by atoms with van der Waals surface area (Å²) in [5.41, 5.74) is 1.70. The molecule has 0 saturated heterocycles. The van der Waals surface area contributed by atoms with Crippen molar-refractivity contribution < 1.29 is 22.7 Å². The Morgan fingerprint density at radius 3 is 2.45 bits per heavy atom. The quantitative estimate of drug-likeness (QED) is 0.546. The summed E-state index contributed by atoms with van der Waals surface area (Å²) >= 11 is 6.02. The topological polar surface area (TPSA) is 96.0 Å².